The molecule has 0 aromatic heterocycles. The topological polar surface area (TPSA) is 55.5 Å². The Labute approximate surface area is 125 Å². The molecule has 1 aliphatic heterocycles. The average Bonchev–Trinajstić information content (AvgIpc) is 2.56. The van der Waals surface area contributed by atoms with Gasteiger partial charge in [-0.1, -0.05) is 54.6 Å². The molecular formula is C18H21NO2. The molecule has 21 heavy (non-hydrogen) atoms. The fraction of sp³-hybridized carbons (Fsp3) is 0.333. The maximum Gasteiger partial charge on any atom is 0.105 e. The largest absolute Gasteiger partial charge is 0.384 e. The van der Waals surface area contributed by atoms with E-state index in [-0.39, 0.29) is 12.6 Å². The average molecular weight is 283 g/mol. The van der Waals surface area contributed by atoms with Crippen LogP contribution in [0.1, 0.15) is 29.2 Å². The Morgan fingerprint density at radius 2 is 1.81 bits per heavy atom. The molecule has 0 radical (unpaired) electrons. The molecule has 1 aliphatic rings. The normalized spacial score (nSPS) is 20.6. The molecule has 0 aliphatic carbocycles. The van der Waals surface area contributed by atoms with Crippen molar-refractivity contribution in [3.05, 3.63) is 71.3 Å². The van der Waals surface area contributed by atoms with E-state index in [0.29, 0.717) is 13.0 Å². The molecule has 110 valence electrons. The zero-order valence-corrected chi connectivity index (χ0v) is 12.0. The molecule has 0 bridgehead atoms. The molecule has 2 atom stereocenters. The first-order valence-corrected chi connectivity index (χ1v) is 7.40. The van der Waals surface area contributed by atoms with Crippen molar-refractivity contribution in [2.75, 3.05) is 13.2 Å². The minimum atomic E-state index is -1.06. The van der Waals surface area contributed by atoms with Gasteiger partial charge in [-0.2, -0.15) is 0 Å². The van der Waals surface area contributed by atoms with Crippen molar-refractivity contribution >= 4 is 0 Å². The highest BCUT2D eigenvalue weighted by molar-refractivity contribution is 5.32. The fourth-order valence-electron chi connectivity index (χ4n) is 3.02. The van der Waals surface area contributed by atoms with Crippen LogP contribution in [0.2, 0.25) is 0 Å². The summed E-state index contributed by atoms with van der Waals surface area (Å²) in [6.07, 6.45) is 1.30. The lowest BCUT2D eigenvalue weighted by atomic mass is 9.84. The van der Waals surface area contributed by atoms with Crippen LogP contribution in [0, 0.1) is 0 Å². The summed E-state index contributed by atoms with van der Waals surface area (Å²) < 4.78 is 5.91. The van der Waals surface area contributed by atoms with Crippen LogP contribution in [-0.2, 0) is 16.8 Å². The van der Waals surface area contributed by atoms with Crippen LogP contribution in [0.15, 0.2) is 54.6 Å². The maximum absolute atomic E-state index is 11.0. The van der Waals surface area contributed by atoms with Crippen molar-refractivity contribution < 1.29 is 9.84 Å². The van der Waals surface area contributed by atoms with E-state index in [2.05, 4.69) is 12.1 Å². The number of aliphatic hydroxyl groups is 1. The van der Waals surface area contributed by atoms with E-state index in [1.807, 2.05) is 42.5 Å². The second kappa shape index (κ2) is 5.98. The summed E-state index contributed by atoms with van der Waals surface area (Å²) >= 11 is 0. The van der Waals surface area contributed by atoms with Gasteiger partial charge in [0.1, 0.15) is 5.60 Å². The van der Waals surface area contributed by atoms with Gasteiger partial charge >= 0.3 is 0 Å². The standard InChI is InChI=1S/C18H21NO2/c19-13-18(20,15-7-2-1-3-8-15)12-17-16-9-5-4-6-14(16)10-11-21-17/h1-9,17,20H,10-13,19H2. The van der Waals surface area contributed by atoms with Gasteiger partial charge in [0.25, 0.3) is 0 Å². The van der Waals surface area contributed by atoms with Crippen molar-refractivity contribution in [1.82, 2.24) is 0 Å². The zero-order chi connectivity index (χ0) is 14.7. The first-order chi connectivity index (χ1) is 10.2. The minimum Gasteiger partial charge on any atom is -0.384 e. The quantitative estimate of drug-likeness (QED) is 0.906. The van der Waals surface area contributed by atoms with Crippen molar-refractivity contribution in [2.45, 2.75) is 24.5 Å². The van der Waals surface area contributed by atoms with E-state index in [1.54, 1.807) is 0 Å². The van der Waals surface area contributed by atoms with Gasteiger partial charge in [-0.3, -0.25) is 0 Å². The molecule has 0 spiro atoms. The van der Waals surface area contributed by atoms with E-state index in [4.69, 9.17) is 10.5 Å². The molecule has 1 heterocycles. The summed E-state index contributed by atoms with van der Waals surface area (Å²) in [7, 11) is 0. The summed E-state index contributed by atoms with van der Waals surface area (Å²) in [5.41, 5.74) is 8.14. The van der Waals surface area contributed by atoms with Gasteiger partial charge in [0.2, 0.25) is 0 Å². The molecule has 3 N–H and O–H groups in total. The van der Waals surface area contributed by atoms with Gasteiger partial charge in [-0.15, -0.1) is 0 Å². The SMILES string of the molecule is NCC(O)(CC1OCCc2ccccc21)c1ccccc1. The predicted molar refractivity (Wildman–Crippen MR) is 82.8 cm³/mol. The third-order valence-corrected chi connectivity index (χ3v) is 4.26. The number of hydrogen-bond acceptors (Lipinski definition) is 3. The Balaban J connectivity index is 1.89. The first kappa shape index (κ1) is 14.3. The maximum atomic E-state index is 11.0. The molecule has 0 amide bonds. The number of ether oxygens (including phenoxy) is 1. The van der Waals surface area contributed by atoms with E-state index in [1.165, 1.54) is 11.1 Å². The fourth-order valence-corrected chi connectivity index (χ4v) is 3.02. The van der Waals surface area contributed by atoms with Gasteiger partial charge < -0.3 is 15.6 Å². The number of benzene rings is 2. The number of nitrogens with two attached hydrogens (primary N) is 1. The predicted octanol–water partition coefficient (Wildman–Crippen LogP) is 2.54. The Morgan fingerprint density at radius 3 is 2.57 bits per heavy atom. The summed E-state index contributed by atoms with van der Waals surface area (Å²) in [6.45, 7) is 0.871. The van der Waals surface area contributed by atoms with E-state index < -0.39 is 5.60 Å². The van der Waals surface area contributed by atoms with Gasteiger partial charge in [0.15, 0.2) is 0 Å². The van der Waals surface area contributed by atoms with Crippen LogP contribution in [0.5, 0.6) is 0 Å². The summed E-state index contributed by atoms with van der Waals surface area (Å²) in [4.78, 5) is 0. The second-order valence-corrected chi connectivity index (χ2v) is 5.61. The summed E-state index contributed by atoms with van der Waals surface area (Å²) in [5, 5.41) is 11.0. The molecular weight excluding hydrogens is 262 g/mol. The molecule has 2 aromatic carbocycles. The van der Waals surface area contributed by atoms with Crippen molar-refractivity contribution in [3.63, 3.8) is 0 Å². The highest BCUT2D eigenvalue weighted by Gasteiger charge is 2.34. The molecule has 3 nitrogen and oxygen atoms in total. The molecule has 3 rings (SSSR count). The van der Waals surface area contributed by atoms with E-state index in [0.717, 1.165) is 12.0 Å². The van der Waals surface area contributed by atoms with Crippen LogP contribution in [0.4, 0.5) is 0 Å². The lowest BCUT2D eigenvalue weighted by molar-refractivity contribution is -0.0449. The minimum absolute atomic E-state index is 0.108. The molecule has 0 saturated carbocycles. The number of hydrogen-bond donors (Lipinski definition) is 2. The van der Waals surface area contributed by atoms with Crippen molar-refractivity contribution in [3.8, 4) is 0 Å². The summed E-state index contributed by atoms with van der Waals surface area (Å²) in [6, 6.07) is 17.9. The summed E-state index contributed by atoms with van der Waals surface area (Å²) in [5.74, 6) is 0. The molecule has 2 aromatic rings. The Hall–Kier alpha value is -1.68. The van der Waals surface area contributed by atoms with E-state index >= 15 is 0 Å². The lowest BCUT2D eigenvalue weighted by Crippen LogP contribution is -2.37. The van der Waals surface area contributed by atoms with Gasteiger partial charge in [0.05, 0.1) is 12.7 Å². The highest BCUT2D eigenvalue weighted by atomic mass is 16.5. The highest BCUT2D eigenvalue weighted by Crippen LogP contribution is 2.37. The van der Waals surface area contributed by atoms with Gasteiger partial charge in [-0.25, -0.2) is 0 Å². The van der Waals surface area contributed by atoms with Crippen molar-refractivity contribution in [2.24, 2.45) is 5.73 Å². The lowest BCUT2D eigenvalue weighted by Gasteiger charge is -2.34. The first-order valence-electron chi connectivity index (χ1n) is 7.40. The number of fused-ring (bicyclic) bond motifs is 1. The van der Waals surface area contributed by atoms with Crippen LogP contribution < -0.4 is 5.73 Å². The molecule has 3 heteroatoms. The monoisotopic (exact) mass is 283 g/mol. The Kier molecular flexibility index (Phi) is 4.06. The van der Waals surface area contributed by atoms with Crippen LogP contribution in [0.3, 0.4) is 0 Å². The smallest absolute Gasteiger partial charge is 0.105 e. The third kappa shape index (κ3) is 2.86. The Morgan fingerprint density at radius 1 is 1.10 bits per heavy atom. The van der Waals surface area contributed by atoms with Gasteiger partial charge in [-0.05, 0) is 23.1 Å². The van der Waals surface area contributed by atoms with Crippen LogP contribution in [0.25, 0.3) is 0 Å². The van der Waals surface area contributed by atoms with Gasteiger partial charge in [0, 0.05) is 13.0 Å². The third-order valence-electron chi connectivity index (χ3n) is 4.26. The molecule has 0 fully saturated rings. The molecule has 2 unspecified atom stereocenters. The second-order valence-electron chi connectivity index (χ2n) is 5.61. The zero-order valence-electron chi connectivity index (χ0n) is 12.0. The van der Waals surface area contributed by atoms with Crippen LogP contribution >= 0.6 is 0 Å². The number of rotatable bonds is 4. The van der Waals surface area contributed by atoms with Crippen molar-refractivity contribution in [1.29, 1.82) is 0 Å². The van der Waals surface area contributed by atoms with E-state index in [9.17, 15) is 5.11 Å². The van der Waals surface area contributed by atoms with Crippen LogP contribution in [-0.4, -0.2) is 18.3 Å². The Bertz CT molecular complexity index is 599. The molecule has 0 saturated heterocycles.